The first-order chi connectivity index (χ1) is 10.2. The summed E-state index contributed by atoms with van der Waals surface area (Å²) in [5.74, 6) is 0. The smallest absolute Gasteiger partial charge is 0.175 e. The lowest BCUT2D eigenvalue weighted by Gasteiger charge is -2.39. The summed E-state index contributed by atoms with van der Waals surface area (Å²) in [5, 5.41) is 0. The number of likely N-dealkylation sites (tertiary alicyclic amines) is 1. The molecule has 2 unspecified atom stereocenters. The molecule has 1 aromatic rings. The van der Waals surface area contributed by atoms with Crippen LogP contribution < -0.4 is 14.8 Å². The molecule has 0 amide bonds. The fourth-order valence-corrected chi connectivity index (χ4v) is 4.09. The first kappa shape index (κ1) is 14.9. The van der Waals surface area contributed by atoms with Gasteiger partial charge in [0.1, 0.15) is 31.8 Å². The predicted molar refractivity (Wildman–Crippen MR) is 81.1 cm³/mol. The standard InChI is InChI=1S/C17H27N3O/c1-14-11-20(12-15(2)21-14)17-5-8-19(9-6-17)13-16-4-3-7-18-10-16/h3-4,7,10,14-15,17H,5-6,8-9,11-13H2,1-2H3/p+3. The largest absolute Gasteiger partial charge is 0.364 e. The number of nitrogens with one attached hydrogen (secondary N) is 3. The van der Waals surface area contributed by atoms with Gasteiger partial charge in [-0.1, -0.05) is 0 Å². The van der Waals surface area contributed by atoms with E-state index in [1.165, 1.54) is 44.6 Å². The van der Waals surface area contributed by atoms with Crippen molar-refractivity contribution in [3.63, 3.8) is 0 Å². The van der Waals surface area contributed by atoms with Crippen molar-refractivity contribution in [3.8, 4) is 0 Å². The van der Waals surface area contributed by atoms with Crippen molar-refractivity contribution in [3.05, 3.63) is 30.1 Å². The Kier molecular flexibility index (Phi) is 4.88. The Morgan fingerprint density at radius 2 is 1.90 bits per heavy atom. The molecule has 0 aliphatic carbocycles. The van der Waals surface area contributed by atoms with Crippen molar-refractivity contribution in [2.24, 2.45) is 0 Å². The van der Waals surface area contributed by atoms with Gasteiger partial charge in [-0.3, -0.25) is 0 Å². The summed E-state index contributed by atoms with van der Waals surface area (Å²) in [4.78, 5) is 6.71. The Morgan fingerprint density at radius 3 is 2.52 bits per heavy atom. The predicted octanol–water partition coefficient (Wildman–Crippen LogP) is -1.26. The first-order valence-electron chi connectivity index (χ1n) is 8.49. The molecule has 2 atom stereocenters. The Morgan fingerprint density at radius 1 is 1.19 bits per heavy atom. The zero-order chi connectivity index (χ0) is 14.7. The van der Waals surface area contributed by atoms with Crippen LogP contribution >= 0.6 is 0 Å². The van der Waals surface area contributed by atoms with Gasteiger partial charge in [0.05, 0.1) is 24.7 Å². The van der Waals surface area contributed by atoms with Crippen molar-refractivity contribution in [1.29, 1.82) is 0 Å². The Hall–Kier alpha value is -0.970. The van der Waals surface area contributed by atoms with Crippen molar-refractivity contribution in [1.82, 2.24) is 0 Å². The van der Waals surface area contributed by atoms with Crippen LogP contribution in [0.3, 0.4) is 0 Å². The van der Waals surface area contributed by atoms with E-state index in [-0.39, 0.29) is 0 Å². The molecule has 2 aliphatic rings. The lowest BCUT2D eigenvalue weighted by atomic mass is 10.0. The highest BCUT2D eigenvalue weighted by atomic mass is 16.5. The number of rotatable bonds is 3. The number of pyridine rings is 1. The van der Waals surface area contributed by atoms with Gasteiger partial charge in [-0.2, -0.15) is 0 Å². The zero-order valence-corrected chi connectivity index (χ0v) is 13.4. The number of ether oxygens (including phenoxy) is 1. The minimum atomic E-state index is 0.425. The molecule has 0 spiro atoms. The highest BCUT2D eigenvalue weighted by Crippen LogP contribution is 2.03. The molecule has 0 bridgehead atoms. The van der Waals surface area contributed by atoms with E-state index in [4.69, 9.17) is 4.74 Å². The Labute approximate surface area is 128 Å². The van der Waals surface area contributed by atoms with Crippen LogP contribution in [0.15, 0.2) is 24.5 Å². The molecule has 3 rings (SSSR count). The number of morpholine rings is 1. The van der Waals surface area contributed by atoms with Crippen molar-refractivity contribution >= 4 is 0 Å². The second kappa shape index (κ2) is 6.86. The van der Waals surface area contributed by atoms with Crippen LogP contribution in [0, 0.1) is 0 Å². The Bertz CT molecular complexity index is 421. The van der Waals surface area contributed by atoms with Gasteiger partial charge in [0.25, 0.3) is 0 Å². The Balaban J connectivity index is 1.48. The van der Waals surface area contributed by atoms with Crippen molar-refractivity contribution in [2.75, 3.05) is 26.2 Å². The van der Waals surface area contributed by atoms with E-state index >= 15 is 0 Å². The van der Waals surface area contributed by atoms with Crippen LogP contribution in [0.25, 0.3) is 0 Å². The second-order valence-corrected chi connectivity index (χ2v) is 6.94. The van der Waals surface area contributed by atoms with Crippen LogP contribution in [-0.4, -0.2) is 44.4 Å². The molecular weight excluding hydrogens is 262 g/mol. The maximum atomic E-state index is 5.88. The van der Waals surface area contributed by atoms with E-state index in [9.17, 15) is 0 Å². The molecule has 3 heterocycles. The number of piperidine rings is 1. The number of hydrogen-bond acceptors (Lipinski definition) is 1. The van der Waals surface area contributed by atoms with E-state index in [2.05, 4.69) is 37.2 Å². The summed E-state index contributed by atoms with van der Waals surface area (Å²) in [6.45, 7) is 10.6. The third-order valence-electron chi connectivity index (χ3n) is 5.06. The van der Waals surface area contributed by atoms with Crippen LogP contribution in [0.4, 0.5) is 0 Å². The molecular formula is C17H30N3O+3. The maximum absolute atomic E-state index is 5.88. The lowest BCUT2D eigenvalue weighted by Crippen LogP contribution is -3.22. The number of hydrogen-bond donors (Lipinski definition) is 2. The molecule has 2 saturated heterocycles. The number of aromatic amines is 1. The SMILES string of the molecule is CC1C[NH+](C2CC[NH+](Cc3ccc[nH+]c3)CC2)CC(C)O1. The van der Waals surface area contributed by atoms with E-state index in [0.29, 0.717) is 12.2 Å². The highest BCUT2D eigenvalue weighted by Gasteiger charge is 2.35. The lowest BCUT2D eigenvalue weighted by molar-refractivity contribution is -0.970. The average molecular weight is 292 g/mol. The van der Waals surface area contributed by atoms with Gasteiger partial charge in [0, 0.05) is 18.9 Å². The molecule has 4 nitrogen and oxygen atoms in total. The molecule has 0 aromatic carbocycles. The molecule has 4 heteroatoms. The normalized spacial score (nSPS) is 37.3. The summed E-state index contributed by atoms with van der Waals surface area (Å²) >= 11 is 0. The molecule has 1 aromatic heterocycles. The average Bonchev–Trinajstić information content (AvgIpc) is 2.48. The van der Waals surface area contributed by atoms with Gasteiger partial charge in [-0.15, -0.1) is 0 Å². The fraction of sp³-hybridized carbons (Fsp3) is 0.706. The summed E-state index contributed by atoms with van der Waals surface area (Å²) in [7, 11) is 0. The number of quaternary nitrogens is 2. The topological polar surface area (TPSA) is 32.2 Å². The van der Waals surface area contributed by atoms with E-state index in [1.807, 2.05) is 6.20 Å². The number of H-pyrrole nitrogens is 1. The van der Waals surface area contributed by atoms with Crippen molar-refractivity contribution in [2.45, 2.75) is 51.5 Å². The molecule has 0 saturated carbocycles. The zero-order valence-electron chi connectivity index (χ0n) is 13.4. The molecule has 2 fully saturated rings. The van der Waals surface area contributed by atoms with Gasteiger partial charge in [0.2, 0.25) is 0 Å². The third-order valence-corrected chi connectivity index (χ3v) is 5.06. The molecule has 21 heavy (non-hydrogen) atoms. The summed E-state index contributed by atoms with van der Waals surface area (Å²) in [6.07, 6.45) is 7.69. The minimum Gasteiger partial charge on any atom is -0.364 e. The van der Waals surface area contributed by atoms with Crippen molar-refractivity contribution < 1.29 is 19.5 Å². The molecule has 0 radical (unpaired) electrons. The molecule has 3 N–H and O–H groups in total. The summed E-state index contributed by atoms with van der Waals surface area (Å²) in [5.41, 5.74) is 1.42. The monoisotopic (exact) mass is 292 g/mol. The summed E-state index contributed by atoms with van der Waals surface area (Å²) in [6, 6.07) is 5.18. The third kappa shape index (κ3) is 4.02. The van der Waals surface area contributed by atoms with E-state index in [0.717, 1.165) is 12.6 Å². The summed E-state index contributed by atoms with van der Waals surface area (Å²) < 4.78 is 5.88. The minimum absolute atomic E-state index is 0.425. The van der Waals surface area contributed by atoms with Gasteiger partial charge >= 0.3 is 0 Å². The van der Waals surface area contributed by atoms with Crippen LogP contribution in [0.1, 0.15) is 32.3 Å². The maximum Gasteiger partial charge on any atom is 0.175 e. The number of aromatic nitrogens is 1. The van der Waals surface area contributed by atoms with Crippen LogP contribution in [-0.2, 0) is 11.3 Å². The van der Waals surface area contributed by atoms with E-state index in [1.54, 1.807) is 9.80 Å². The van der Waals surface area contributed by atoms with Crippen LogP contribution in [0.5, 0.6) is 0 Å². The molecule has 116 valence electrons. The second-order valence-electron chi connectivity index (χ2n) is 6.94. The first-order valence-corrected chi connectivity index (χ1v) is 8.49. The quantitative estimate of drug-likeness (QED) is 0.716. The van der Waals surface area contributed by atoms with Gasteiger partial charge in [-0.05, 0) is 19.9 Å². The van der Waals surface area contributed by atoms with Gasteiger partial charge in [-0.25, -0.2) is 4.98 Å². The highest BCUT2D eigenvalue weighted by molar-refractivity contribution is 5.02. The van der Waals surface area contributed by atoms with E-state index < -0.39 is 0 Å². The van der Waals surface area contributed by atoms with Gasteiger partial charge in [0.15, 0.2) is 12.4 Å². The van der Waals surface area contributed by atoms with Crippen LogP contribution in [0.2, 0.25) is 0 Å². The van der Waals surface area contributed by atoms with Gasteiger partial charge < -0.3 is 14.5 Å². The molecule has 2 aliphatic heterocycles. The fourth-order valence-electron chi connectivity index (χ4n) is 4.09.